The molecule has 0 saturated heterocycles. The molecule has 3 heterocycles. The maximum absolute atomic E-state index is 13.0. The lowest BCUT2D eigenvalue weighted by atomic mass is 9.96. The maximum atomic E-state index is 13.0. The molecule has 8 nitrogen and oxygen atoms in total. The Balaban J connectivity index is 1.36. The largest absolute Gasteiger partial charge is 0.303 e. The van der Waals surface area contributed by atoms with Crippen LogP contribution < -0.4 is 5.32 Å². The predicted octanol–water partition coefficient (Wildman–Crippen LogP) is 3.77. The fourth-order valence-electron chi connectivity index (χ4n) is 4.80. The van der Waals surface area contributed by atoms with Gasteiger partial charge in [0.2, 0.25) is 9.84 Å². The minimum Gasteiger partial charge on any atom is -0.303 e. The lowest BCUT2D eigenvalue weighted by Gasteiger charge is -2.27. The summed E-state index contributed by atoms with van der Waals surface area (Å²) in [6, 6.07) is 22.0. The minimum atomic E-state index is -3.53. The summed E-state index contributed by atoms with van der Waals surface area (Å²) in [5.41, 5.74) is 4.71. The normalized spacial score (nSPS) is 19.9. The second-order valence-electron chi connectivity index (χ2n) is 9.06. The molecule has 9 heteroatoms. The molecule has 3 aromatic carbocycles. The summed E-state index contributed by atoms with van der Waals surface area (Å²) in [7, 11) is -3.53. The van der Waals surface area contributed by atoms with Gasteiger partial charge in [0, 0.05) is 29.8 Å². The van der Waals surface area contributed by atoms with Gasteiger partial charge in [0.1, 0.15) is 0 Å². The van der Waals surface area contributed by atoms with Crippen LogP contribution in [0.15, 0.2) is 97.9 Å². The van der Waals surface area contributed by atoms with Gasteiger partial charge >= 0.3 is 0 Å². The van der Waals surface area contributed by atoms with Crippen molar-refractivity contribution in [3.63, 3.8) is 0 Å². The van der Waals surface area contributed by atoms with Crippen molar-refractivity contribution in [2.75, 3.05) is 0 Å². The Morgan fingerprint density at radius 1 is 0.944 bits per heavy atom. The third-order valence-electron chi connectivity index (χ3n) is 6.58. The molecule has 1 amide bonds. The Bertz CT molecular complexity index is 1590. The monoisotopic (exact) mass is 497 g/mol. The zero-order valence-electron chi connectivity index (χ0n) is 19.5. The predicted molar refractivity (Wildman–Crippen MR) is 138 cm³/mol. The third-order valence-corrected chi connectivity index (χ3v) is 8.45. The van der Waals surface area contributed by atoms with Crippen LogP contribution in [0, 0.1) is 0 Å². The molecule has 3 aromatic rings. The molecule has 36 heavy (non-hydrogen) atoms. The molecule has 0 radical (unpaired) electrons. The van der Waals surface area contributed by atoms with Gasteiger partial charge in [-0.2, -0.15) is 15.2 Å². The van der Waals surface area contributed by atoms with E-state index in [1.807, 2.05) is 55.5 Å². The molecule has 0 bridgehead atoms. The van der Waals surface area contributed by atoms with Gasteiger partial charge in [-0.1, -0.05) is 54.6 Å². The smallest absolute Gasteiger partial charge is 0.254 e. The average Bonchev–Trinajstić information content (AvgIpc) is 3.35. The van der Waals surface area contributed by atoms with Crippen LogP contribution in [0.4, 0.5) is 0 Å². The second-order valence-corrected chi connectivity index (χ2v) is 10.9. The van der Waals surface area contributed by atoms with Gasteiger partial charge in [0.05, 0.1) is 28.0 Å². The molecule has 180 valence electrons. The standard InChI is InChI=1S/C27H23N5O3S/c1-17-13-26(33)32(31-17)27-23(28-16-18-7-3-2-4-8-18)15-22(29-30-27)19-11-12-25-21(14-19)20-9-5-6-10-24(20)36(25,34)35/h2-12,14,23,28H,13,15-16H2,1H3. The first-order valence-electron chi connectivity index (χ1n) is 11.7. The summed E-state index contributed by atoms with van der Waals surface area (Å²) in [4.78, 5) is 13.2. The Morgan fingerprint density at radius 3 is 2.47 bits per heavy atom. The second kappa shape index (κ2) is 8.61. The SMILES string of the molecule is CC1=NN(C2=NN=C(c3ccc4c(c3)-c3ccccc3S4(=O)=O)CC2NCc2ccccc2)C(=O)C1. The van der Waals surface area contributed by atoms with Crippen LogP contribution in [0.5, 0.6) is 0 Å². The van der Waals surface area contributed by atoms with Crippen molar-refractivity contribution < 1.29 is 13.2 Å². The van der Waals surface area contributed by atoms with Crippen molar-refractivity contribution in [3.05, 3.63) is 83.9 Å². The van der Waals surface area contributed by atoms with Crippen molar-refractivity contribution in [2.45, 2.75) is 42.1 Å². The molecular weight excluding hydrogens is 474 g/mol. The van der Waals surface area contributed by atoms with Crippen LogP contribution in [0.25, 0.3) is 11.1 Å². The summed E-state index contributed by atoms with van der Waals surface area (Å²) in [6.45, 7) is 2.40. The highest BCUT2D eigenvalue weighted by atomic mass is 32.2. The van der Waals surface area contributed by atoms with Crippen molar-refractivity contribution in [1.82, 2.24) is 10.3 Å². The van der Waals surface area contributed by atoms with Crippen LogP contribution in [0.1, 0.15) is 30.9 Å². The number of amidine groups is 1. The highest BCUT2D eigenvalue weighted by Gasteiger charge is 2.36. The molecule has 0 aromatic heterocycles. The van der Waals surface area contributed by atoms with Gasteiger partial charge in [0.25, 0.3) is 5.91 Å². The number of hydrazone groups is 1. The van der Waals surface area contributed by atoms with E-state index in [0.717, 1.165) is 16.8 Å². The molecule has 1 N–H and O–H groups in total. The highest BCUT2D eigenvalue weighted by Crippen LogP contribution is 2.43. The van der Waals surface area contributed by atoms with E-state index in [1.165, 1.54) is 5.01 Å². The van der Waals surface area contributed by atoms with E-state index in [0.29, 0.717) is 45.4 Å². The van der Waals surface area contributed by atoms with E-state index in [2.05, 4.69) is 20.6 Å². The number of fused-ring (bicyclic) bond motifs is 3. The van der Waals surface area contributed by atoms with Crippen molar-refractivity contribution in [1.29, 1.82) is 0 Å². The molecule has 3 aliphatic heterocycles. The Hall–Kier alpha value is -3.95. The topological polar surface area (TPSA) is 104 Å². The Kier molecular flexibility index (Phi) is 5.39. The first-order chi connectivity index (χ1) is 17.4. The van der Waals surface area contributed by atoms with E-state index in [-0.39, 0.29) is 18.4 Å². The first-order valence-corrected chi connectivity index (χ1v) is 13.2. The van der Waals surface area contributed by atoms with E-state index in [9.17, 15) is 13.2 Å². The van der Waals surface area contributed by atoms with Gasteiger partial charge < -0.3 is 5.32 Å². The number of amides is 1. The number of sulfone groups is 1. The summed E-state index contributed by atoms with van der Waals surface area (Å²) in [6.07, 6.45) is 0.733. The van der Waals surface area contributed by atoms with E-state index < -0.39 is 9.84 Å². The molecule has 0 aliphatic carbocycles. The number of carbonyl (C=O) groups excluding carboxylic acids is 1. The number of carbonyl (C=O) groups is 1. The van der Waals surface area contributed by atoms with Gasteiger partial charge in [-0.15, -0.1) is 5.10 Å². The number of benzene rings is 3. The molecule has 1 atom stereocenters. The van der Waals surface area contributed by atoms with Crippen LogP contribution in [-0.2, 0) is 21.2 Å². The van der Waals surface area contributed by atoms with E-state index in [4.69, 9.17) is 0 Å². The van der Waals surface area contributed by atoms with Crippen LogP contribution in [0.3, 0.4) is 0 Å². The van der Waals surface area contributed by atoms with Gasteiger partial charge in [0.15, 0.2) is 5.84 Å². The third kappa shape index (κ3) is 3.77. The molecule has 1 unspecified atom stereocenters. The van der Waals surface area contributed by atoms with Crippen molar-refractivity contribution in [3.8, 4) is 11.1 Å². The molecule has 3 aliphatic rings. The molecule has 0 fully saturated rings. The lowest BCUT2D eigenvalue weighted by molar-refractivity contribution is -0.125. The number of nitrogens with zero attached hydrogens (tertiary/aromatic N) is 4. The highest BCUT2D eigenvalue weighted by molar-refractivity contribution is 7.92. The van der Waals surface area contributed by atoms with Gasteiger partial charge in [-0.05, 0) is 36.2 Å². The lowest BCUT2D eigenvalue weighted by Crippen LogP contribution is -2.47. The number of nitrogens with one attached hydrogen (secondary N) is 1. The van der Waals surface area contributed by atoms with E-state index >= 15 is 0 Å². The molecule has 0 spiro atoms. The van der Waals surface area contributed by atoms with Crippen molar-refractivity contribution in [2.24, 2.45) is 15.3 Å². The maximum Gasteiger partial charge on any atom is 0.254 e. The van der Waals surface area contributed by atoms with Gasteiger partial charge in [-0.25, -0.2) is 8.42 Å². The molecule has 6 rings (SSSR count). The average molecular weight is 498 g/mol. The summed E-state index contributed by atoms with van der Waals surface area (Å²) in [5.74, 6) is 0.335. The van der Waals surface area contributed by atoms with Gasteiger partial charge in [-0.3, -0.25) is 4.79 Å². The molecular formula is C27H23N5O3S. The molecule has 0 saturated carbocycles. The summed E-state index contributed by atoms with van der Waals surface area (Å²) >= 11 is 0. The fourth-order valence-corrected chi connectivity index (χ4v) is 6.47. The quantitative estimate of drug-likeness (QED) is 0.463. The van der Waals surface area contributed by atoms with Crippen LogP contribution in [0.2, 0.25) is 0 Å². The summed E-state index contributed by atoms with van der Waals surface area (Å²) < 4.78 is 25.9. The zero-order chi connectivity index (χ0) is 24.9. The Morgan fingerprint density at radius 2 is 1.69 bits per heavy atom. The number of rotatable bonds is 4. The van der Waals surface area contributed by atoms with Crippen LogP contribution >= 0.6 is 0 Å². The first kappa shape index (κ1) is 22.5. The minimum absolute atomic E-state index is 0.129. The summed E-state index contributed by atoms with van der Waals surface area (Å²) in [5, 5.41) is 18.1. The van der Waals surface area contributed by atoms with Crippen LogP contribution in [-0.4, -0.2) is 42.6 Å². The number of hydrogen-bond acceptors (Lipinski definition) is 7. The zero-order valence-corrected chi connectivity index (χ0v) is 20.4. The fraction of sp³-hybridized carbons (Fsp3) is 0.185. The Labute approximate surface area is 209 Å². The van der Waals surface area contributed by atoms with E-state index in [1.54, 1.807) is 24.3 Å². The number of hydrogen-bond donors (Lipinski definition) is 1. The van der Waals surface area contributed by atoms with Crippen molar-refractivity contribution >= 4 is 33.0 Å².